The van der Waals surface area contributed by atoms with Gasteiger partial charge in [-0.15, -0.1) is 0 Å². The summed E-state index contributed by atoms with van der Waals surface area (Å²) in [4.78, 5) is 4.04. The summed E-state index contributed by atoms with van der Waals surface area (Å²) in [6.45, 7) is 8.55. The molecule has 0 saturated heterocycles. The molecule has 0 aliphatic rings. The van der Waals surface area contributed by atoms with Crippen LogP contribution in [0.1, 0.15) is 44.9 Å². The van der Waals surface area contributed by atoms with Crippen LogP contribution >= 0.6 is 0 Å². The van der Waals surface area contributed by atoms with E-state index in [1.807, 2.05) is 31.2 Å². The zero-order valence-corrected chi connectivity index (χ0v) is 13.2. The maximum atomic E-state index is 6.08. The summed E-state index contributed by atoms with van der Waals surface area (Å²) >= 11 is 0. The maximum absolute atomic E-state index is 6.08. The number of benzene rings is 1. The molecule has 0 spiro atoms. The van der Waals surface area contributed by atoms with Crippen molar-refractivity contribution in [2.75, 3.05) is 0 Å². The number of ether oxygens (including phenoxy) is 1. The first kappa shape index (κ1) is 15.5. The summed E-state index contributed by atoms with van der Waals surface area (Å²) < 4.78 is 6.08. The van der Waals surface area contributed by atoms with Gasteiger partial charge < -0.3 is 10.5 Å². The lowest BCUT2D eigenvalue weighted by molar-refractivity contribution is 0.180. The van der Waals surface area contributed by atoms with Gasteiger partial charge in [-0.3, -0.25) is 4.98 Å². The van der Waals surface area contributed by atoms with Gasteiger partial charge in [-0.05, 0) is 47.7 Å². The summed E-state index contributed by atoms with van der Waals surface area (Å²) in [5.74, 6) is 0.835. The van der Waals surface area contributed by atoms with Crippen molar-refractivity contribution < 1.29 is 4.74 Å². The average molecular weight is 284 g/mol. The van der Waals surface area contributed by atoms with Gasteiger partial charge in [0.25, 0.3) is 0 Å². The van der Waals surface area contributed by atoms with Crippen LogP contribution in [0.5, 0.6) is 5.75 Å². The molecular formula is C18H24N2O. The molecule has 112 valence electrons. The lowest BCUT2D eigenvalue weighted by atomic mass is 9.87. The highest BCUT2D eigenvalue weighted by molar-refractivity contribution is 5.32. The highest BCUT2D eigenvalue weighted by Crippen LogP contribution is 2.27. The molecule has 1 heterocycles. The molecule has 2 aromatic rings. The predicted molar refractivity (Wildman–Crippen MR) is 86.4 cm³/mol. The molecule has 0 amide bonds. The minimum Gasteiger partial charge on any atom is -0.484 e. The van der Waals surface area contributed by atoms with Crippen LogP contribution in [0, 0.1) is 0 Å². The molecule has 3 heteroatoms. The van der Waals surface area contributed by atoms with Crippen molar-refractivity contribution in [2.45, 2.75) is 45.3 Å². The molecule has 2 unspecified atom stereocenters. The first-order chi connectivity index (χ1) is 9.88. The lowest BCUT2D eigenvalue weighted by Gasteiger charge is -2.24. The van der Waals surface area contributed by atoms with Gasteiger partial charge in [0.15, 0.2) is 0 Å². The first-order valence-corrected chi connectivity index (χ1v) is 7.30. The Kier molecular flexibility index (Phi) is 4.63. The van der Waals surface area contributed by atoms with Gasteiger partial charge >= 0.3 is 0 Å². The van der Waals surface area contributed by atoms with E-state index in [-0.39, 0.29) is 17.6 Å². The quantitative estimate of drug-likeness (QED) is 0.927. The fraction of sp³-hybridized carbons (Fsp3) is 0.389. The number of pyridine rings is 1. The standard InChI is InChI=1S/C18H24N2O/c1-13(19)17(14-9-11-20-12-10-14)21-16-7-5-15(6-8-16)18(2,3)4/h5-13,17H,19H2,1-4H3. The Bertz CT molecular complexity index is 556. The van der Waals surface area contributed by atoms with Crippen molar-refractivity contribution in [3.8, 4) is 5.75 Å². The SMILES string of the molecule is CC(N)C(Oc1ccc(C(C)(C)C)cc1)c1ccncc1. The molecule has 0 bridgehead atoms. The average Bonchev–Trinajstić information content (AvgIpc) is 2.45. The molecule has 0 radical (unpaired) electrons. The molecule has 3 nitrogen and oxygen atoms in total. The molecule has 1 aromatic heterocycles. The molecule has 2 rings (SSSR count). The van der Waals surface area contributed by atoms with E-state index >= 15 is 0 Å². The minimum atomic E-state index is -0.173. The van der Waals surface area contributed by atoms with Crippen molar-refractivity contribution >= 4 is 0 Å². The third-order valence-electron chi connectivity index (χ3n) is 3.50. The summed E-state index contributed by atoms with van der Waals surface area (Å²) in [6, 6.07) is 12.0. The molecule has 2 N–H and O–H groups in total. The third-order valence-corrected chi connectivity index (χ3v) is 3.50. The molecule has 0 aliphatic carbocycles. The smallest absolute Gasteiger partial charge is 0.139 e. The molecule has 1 aromatic carbocycles. The van der Waals surface area contributed by atoms with Gasteiger partial charge in [-0.25, -0.2) is 0 Å². The Morgan fingerprint density at radius 3 is 2.05 bits per heavy atom. The van der Waals surface area contributed by atoms with Crippen LogP contribution in [0.15, 0.2) is 48.8 Å². The molecular weight excluding hydrogens is 260 g/mol. The fourth-order valence-electron chi connectivity index (χ4n) is 2.21. The van der Waals surface area contributed by atoms with Crippen LogP contribution in [0.2, 0.25) is 0 Å². The van der Waals surface area contributed by atoms with Crippen LogP contribution in [0.4, 0.5) is 0 Å². The molecule has 2 atom stereocenters. The van der Waals surface area contributed by atoms with E-state index in [0.29, 0.717) is 0 Å². The Balaban J connectivity index is 2.18. The highest BCUT2D eigenvalue weighted by Gasteiger charge is 2.19. The Morgan fingerprint density at radius 1 is 1.00 bits per heavy atom. The van der Waals surface area contributed by atoms with E-state index in [2.05, 4.69) is 37.9 Å². The molecule has 0 fully saturated rings. The summed E-state index contributed by atoms with van der Waals surface area (Å²) in [5, 5.41) is 0. The number of aromatic nitrogens is 1. The number of hydrogen-bond acceptors (Lipinski definition) is 3. The van der Waals surface area contributed by atoms with E-state index in [1.165, 1.54) is 5.56 Å². The van der Waals surface area contributed by atoms with Crippen molar-refractivity contribution in [1.29, 1.82) is 0 Å². The zero-order chi connectivity index (χ0) is 15.5. The van der Waals surface area contributed by atoms with Crippen molar-refractivity contribution in [3.05, 3.63) is 59.9 Å². The first-order valence-electron chi connectivity index (χ1n) is 7.30. The van der Waals surface area contributed by atoms with Crippen LogP contribution < -0.4 is 10.5 Å². The topological polar surface area (TPSA) is 48.1 Å². The Labute approximate surface area is 127 Å². The van der Waals surface area contributed by atoms with Crippen molar-refractivity contribution in [3.63, 3.8) is 0 Å². The Morgan fingerprint density at radius 2 is 1.57 bits per heavy atom. The normalized spacial score (nSPS) is 14.5. The second-order valence-electron chi connectivity index (χ2n) is 6.45. The van der Waals surface area contributed by atoms with Gasteiger partial charge in [0, 0.05) is 18.4 Å². The van der Waals surface area contributed by atoms with Gasteiger partial charge in [-0.2, -0.15) is 0 Å². The number of hydrogen-bond donors (Lipinski definition) is 1. The van der Waals surface area contributed by atoms with Gasteiger partial charge in [0.1, 0.15) is 11.9 Å². The molecule has 0 saturated carbocycles. The van der Waals surface area contributed by atoms with Crippen LogP contribution in [0.3, 0.4) is 0 Å². The summed E-state index contributed by atoms with van der Waals surface area (Å²) in [7, 11) is 0. The van der Waals surface area contributed by atoms with E-state index in [0.717, 1.165) is 11.3 Å². The fourth-order valence-corrected chi connectivity index (χ4v) is 2.21. The maximum Gasteiger partial charge on any atom is 0.139 e. The second-order valence-corrected chi connectivity index (χ2v) is 6.45. The van der Waals surface area contributed by atoms with Crippen LogP contribution in [0.25, 0.3) is 0 Å². The van der Waals surface area contributed by atoms with Gasteiger partial charge in [0.05, 0.1) is 0 Å². The van der Waals surface area contributed by atoms with E-state index in [9.17, 15) is 0 Å². The van der Waals surface area contributed by atoms with E-state index < -0.39 is 0 Å². The van der Waals surface area contributed by atoms with Crippen LogP contribution in [-0.4, -0.2) is 11.0 Å². The monoisotopic (exact) mass is 284 g/mol. The van der Waals surface area contributed by atoms with Crippen molar-refractivity contribution in [2.24, 2.45) is 5.73 Å². The lowest BCUT2D eigenvalue weighted by Crippen LogP contribution is -2.29. The third kappa shape index (κ3) is 4.05. The Hall–Kier alpha value is -1.87. The minimum absolute atomic E-state index is 0.102. The molecule has 0 aliphatic heterocycles. The number of rotatable bonds is 4. The van der Waals surface area contributed by atoms with Crippen molar-refractivity contribution in [1.82, 2.24) is 4.98 Å². The van der Waals surface area contributed by atoms with Gasteiger partial charge in [0.2, 0.25) is 0 Å². The summed E-state index contributed by atoms with van der Waals surface area (Å²) in [6.07, 6.45) is 3.35. The predicted octanol–water partition coefficient (Wildman–Crippen LogP) is 3.85. The zero-order valence-electron chi connectivity index (χ0n) is 13.2. The second kappa shape index (κ2) is 6.27. The van der Waals surface area contributed by atoms with E-state index in [1.54, 1.807) is 12.4 Å². The largest absolute Gasteiger partial charge is 0.484 e. The highest BCUT2D eigenvalue weighted by atomic mass is 16.5. The number of nitrogens with two attached hydrogens (primary N) is 1. The summed E-state index contributed by atoms with van der Waals surface area (Å²) in [5.41, 5.74) is 8.54. The van der Waals surface area contributed by atoms with Crippen LogP contribution in [-0.2, 0) is 5.41 Å². The van der Waals surface area contributed by atoms with E-state index in [4.69, 9.17) is 10.5 Å². The number of nitrogens with zero attached hydrogens (tertiary/aromatic N) is 1. The molecule has 21 heavy (non-hydrogen) atoms. The van der Waals surface area contributed by atoms with Gasteiger partial charge in [-0.1, -0.05) is 32.9 Å².